The van der Waals surface area contributed by atoms with Gasteiger partial charge in [0, 0.05) is 15.7 Å². The highest BCUT2D eigenvalue weighted by Gasteiger charge is 2.21. The maximum absolute atomic E-state index is 11.8. The van der Waals surface area contributed by atoms with Crippen LogP contribution in [0.4, 0.5) is 5.69 Å². The number of aryl methyl sites for hydroxylation is 1. The zero-order valence-corrected chi connectivity index (χ0v) is 15.7. The van der Waals surface area contributed by atoms with Gasteiger partial charge in [0.1, 0.15) is 12.4 Å². The molecule has 0 radical (unpaired) electrons. The summed E-state index contributed by atoms with van der Waals surface area (Å²) in [4.78, 5) is 11.8. The van der Waals surface area contributed by atoms with Gasteiger partial charge in [0.2, 0.25) is 0 Å². The van der Waals surface area contributed by atoms with Gasteiger partial charge >= 0.3 is 0 Å². The van der Waals surface area contributed by atoms with Crippen LogP contribution in [0, 0.1) is 11.3 Å². The van der Waals surface area contributed by atoms with E-state index in [1.165, 1.54) is 0 Å². The van der Waals surface area contributed by atoms with Crippen LogP contribution in [0.1, 0.15) is 29.7 Å². The number of carbonyl (C=O) groups excluding carboxylic acids is 1. The van der Waals surface area contributed by atoms with Crippen molar-refractivity contribution in [1.29, 1.82) is 5.26 Å². The molecule has 0 saturated heterocycles. The van der Waals surface area contributed by atoms with E-state index in [2.05, 4.69) is 21.2 Å². The molecule has 0 bridgehead atoms. The topological polar surface area (TPSA) is 105 Å². The lowest BCUT2D eigenvalue weighted by Crippen LogP contribution is -2.34. The third kappa shape index (κ3) is 4.75. The first kappa shape index (κ1) is 19.8. The van der Waals surface area contributed by atoms with Crippen LogP contribution in [0.5, 0.6) is 5.75 Å². The molecule has 1 atom stereocenters. The monoisotopic (exact) mass is 417 g/mol. The van der Waals surface area contributed by atoms with Crippen molar-refractivity contribution >= 4 is 27.6 Å². The first-order chi connectivity index (χ1) is 12.5. The number of nitrogens with zero attached hydrogens (tertiary/aromatic N) is 1. The van der Waals surface area contributed by atoms with Gasteiger partial charge < -0.3 is 25.1 Å². The second kappa shape index (κ2) is 9.22. The van der Waals surface area contributed by atoms with Gasteiger partial charge in [-0.05, 0) is 48.4 Å². The smallest absolute Gasteiger partial charge is 0.128 e. The van der Waals surface area contributed by atoms with Crippen molar-refractivity contribution < 1.29 is 19.7 Å². The fourth-order valence-corrected chi connectivity index (χ4v) is 3.07. The lowest BCUT2D eigenvalue weighted by Gasteiger charge is -2.25. The number of aliphatic carboxylic acids is 1. The van der Waals surface area contributed by atoms with E-state index in [-0.39, 0.29) is 13.2 Å². The van der Waals surface area contributed by atoms with Gasteiger partial charge in [-0.2, -0.15) is 5.26 Å². The molecular weight excluding hydrogens is 400 g/mol. The minimum absolute atomic E-state index is 0.0538. The fraction of sp³-hybridized carbons (Fsp3) is 0.263. The van der Waals surface area contributed by atoms with Crippen LogP contribution in [0.3, 0.4) is 0 Å². The molecule has 0 saturated carbocycles. The minimum atomic E-state index is -1.32. The number of aliphatic hydroxyl groups is 1. The highest BCUT2D eigenvalue weighted by Crippen LogP contribution is 2.35. The van der Waals surface area contributed by atoms with Gasteiger partial charge in [-0.25, -0.2) is 0 Å². The number of aliphatic hydroxyl groups excluding tert-OH is 1. The Kier molecular flexibility index (Phi) is 7.01. The lowest BCUT2D eigenvalue weighted by molar-refractivity contribution is -0.307. The Morgan fingerprint density at radius 3 is 2.62 bits per heavy atom. The van der Waals surface area contributed by atoms with E-state index in [1.54, 1.807) is 30.3 Å². The molecule has 1 unspecified atom stereocenters. The number of anilines is 1. The van der Waals surface area contributed by atoms with Gasteiger partial charge in [0.05, 0.1) is 30.3 Å². The van der Waals surface area contributed by atoms with Gasteiger partial charge in [-0.1, -0.05) is 22.9 Å². The maximum Gasteiger partial charge on any atom is 0.128 e. The molecule has 0 fully saturated rings. The Morgan fingerprint density at radius 1 is 1.38 bits per heavy atom. The Balaban J connectivity index is 2.46. The standard InChI is InChI=1S/C19H19BrN2O4/c1-2-13-9-14(20)10-16(18(13)26-8-7-23)17(19(24)25)22-15-5-3-12(11-21)4-6-15/h3-6,9-10,17,22-23H,2,7-8H2,1H3,(H,24,25)/p-1. The molecular formula is C19H18BrN2O4-. The number of carboxylic acids is 1. The molecule has 0 spiro atoms. The quantitative estimate of drug-likeness (QED) is 0.681. The molecule has 0 aliphatic heterocycles. The van der Waals surface area contributed by atoms with Crippen molar-refractivity contribution in [3.63, 3.8) is 0 Å². The van der Waals surface area contributed by atoms with E-state index in [9.17, 15) is 9.90 Å². The van der Waals surface area contributed by atoms with Crippen LogP contribution in [0.25, 0.3) is 0 Å². The molecule has 2 N–H and O–H groups in total. The number of benzene rings is 2. The summed E-state index contributed by atoms with van der Waals surface area (Å²) >= 11 is 3.40. The molecule has 6 nitrogen and oxygen atoms in total. The van der Waals surface area contributed by atoms with Crippen LogP contribution in [-0.2, 0) is 11.2 Å². The lowest BCUT2D eigenvalue weighted by atomic mass is 10.00. The molecule has 2 aromatic rings. The fourth-order valence-electron chi connectivity index (χ4n) is 2.55. The molecule has 0 aliphatic carbocycles. The number of halogens is 1. The predicted molar refractivity (Wildman–Crippen MR) is 98.6 cm³/mol. The number of nitriles is 1. The average Bonchev–Trinajstić information content (AvgIpc) is 2.64. The summed E-state index contributed by atoms with van der Waals surface area (Å²) in [6.07, 6.45) is 0.629. The Labute approximate surface area is 160 Å². The molecule has 0 heterocycles. The first-order valence-electron chi connectivity index (χ1n) is 8.03. The minimum Gasteiger partial charge on any atom is -0.548 e. The molecule has 136 valence electrons. The Hall–Kier alpha value is -2.56. The molecule has 26 heavy (non-hydrogen) atoms. The summed E-state index contributed by atoms with van der Waals surface area (Å²) in [6, 6.07) is 10.8. The van der Waals surface area contributed by atoms with Crippen LogP contribution < -0.4 is 15.2 Å². The summed E-state index contributed by atoms with van der Waals surface area (Å²) < 4.78 is 6.34. The molecule has 2 aromatic carbocycles. The molecule has 0 aliphatic rings. The summed E-state index contributed by atoms with van der Waals surface area (Å²) in [5.74, 6) is -0.900. The summed E-state index contributed by atoms with van der Waals surface area (Å²) in [5.41, 5.74) is 2.22. The second-order valence-corrected chi connectivity index (χ2v) is 6.41. The average molecular weight is 418 g/mol. The number of hydrogen-bond acceptors (Lipinski definition) is 6. The molecule has 2 rings (SSSR count). The maximum atomic E-state index is 11.8. The first-order valence-corrected chi connectivity index (χ1v) is 8.83. The van der Waals surface area contributed by atoms with Gasteiger partial charge in [0.15, 0.2) is 0 Å². The van der Waals surface area contributed by atoms with Gasteiger partial charge in [-0.15, -0.1) is 0 Å². The zero-order valence-electron chi connectivity index (χ0n) is 14.2. The third-order valence-electron chi connectivity index (χ3n) is 3.75. The van der Waals surface area contributed by atoms with Crippen LogP contribution in [-0.4, -0.2) is 24.3 Å². The van der Waals surface area contributed by atoms with Crippen LogP contribution in [0.2, 0.25) is 0 Å². The van der Waals surface area contributed by atoms with Crippen molar-refractivity contribution in [3.05, 3.63) is 57.6 Å². The number of rotatable bonds is 8. The van der Waals surface area contributed by atoms with Gasteiger partial charge in [-0.3, -0.25) is 0 Å². The zero-order chi connectivity index (χ0) is 19.1. The van der Waals surface area contributed by atoms with Crippen LogP contribution in [0.15, 0.2) is 40.9 Å². The number of hydrogen-bond donors (Lipinski definition) is 2. The highest BCUT2D eigenvalue weighted by molar-refractivity contribution is 9.10. The van der Waals surface area contributed by atoms with E-state index in [0.717, 1.165) is 5.56 Å². The number of nitrogens with one attached hydrogen (secondary N) is 1. The van der Waals surface area contributed by atoms with E-state index >= 15 is 0 Å². The van der Waals surface area contributed by atoms with Crippen molar-refractivity contribution in [2.45, 2.75) is 19.4 Å². The molecule has 0 aromatic heterocycles. The van der Waals surface area contributed by atoms with E-state index in [1.807, 2.05) is 19.1 Å². The van der Waals surface area contributed by atoms with Crippen molar-refractivity contribution in [2.24, 2.45) is 0 Å². The normalized spacial score (nSPS) is 11.5. The SMILES string of the molecule is CCc1cc(Br)cc(C(Nc2ccc(C#N)cc2)C(=O)[O-])c1OCCO. The second-order valence-electron chi connectivity index (χ2n) is 5.49. The summed E-state index contributed by atoms with van der Waals surface area (Å²) in [5, 5.41) is 32.7. The Bertz CT molecular complexity index is 816. The third-order valence-corrected chi connectivity index (χ3v) is 4.21. The Morgan fingerprint density at radius 2 is 2.08 bits per heavy atom. The van der Waals surface area contributed by atoms with E-state index < -0.39 is 12.0 Å². The van der Waals surface area contributed by atoms with E-state index in [0.29, 0.717) is 33.5 Å². The summed E-state index contributed by atoms with van der Waals surface area (Å²) in [6.45, 7) is 1.80. The van der Waals surface area contributed by atoms with Crippen molar-refractivity contribution in [2.75, 3.05) is 18.5 Å². The highest BCUT2D eigenvalue weighted by atomic mass is 79.9. The number of carboxylic acid groups (broad SMARTS) is 1. The molecule has 0 amide bonds. The summed E-state index contributed by atoms with van der Waals surface area (Å²) in [7, 11) is 0. The van der Waals surface area contributed by atoms with Gasteiger partial charge in [0.25, 0.3) is 0 Å². The number of carbonyl (C=O) groups is 1. The predicted octanol–water partition coefficient (Wildman–Crippen LogP) is 2.16. The van der Waals surface area contributed by atoms with Crippen molar-refractivity contribution in [1.82, 2.24) is 0 Å². The van der Waals surface area contributed by atoms with Crippen molar-refractivity contribution in [3.8, 4) is 11.8 Å². The number of ether oxygens (including phenoxy) is 1. The largest absolute Gasteiger partial charge is 0.548 e. The van der Waals surface area contributed by atoms with Crippen LogP contribution >= 0.6 is 15.9 Å². The molecule has 7 heteroatoms. The van der Waals surface area contributed by atoms with E-state index in [4.69, 9.17) is 15.1 Å².